The molecule has 0 amide bonds. The number of esters is 1. The quantitative estimate of drug-likeness (QED) is 0.743. The maximum absolute atomic E-state index is 12.3. The van der Waals surface area contributed by atoms with Crippen molar-refractivity contribution in [3.63, 3.8) is 0 Å². The number of hydrogen-bond donors (Lipinski definition) is 0. The van der Waals surface area contributed by atoms with E-state index in [1.54, 1.807) is 0 Å². The van der Waals surface area contributed by atoms with Crippen molar-refractivity contribution in [3.05, 3.63) is 0 Å². The molecule has 2 aliphatic carbocycles. The average Bonchev–Trinajstić information content (AvgIpc) is 2.86. The average molecular weight is 335 g/mol. The Kier molecular flexibility index (Phi) is 4.88. The molecule has 0 bridgehead atoms. The zero-order valence-corrected chi connectivity index (χ0v) is 15.3. The first-order valence-corrected chi connectivity index (χ1v) is 10.1. The highest BCUT2D eigenvalue weighted by atomic mass is 16.6. The number of piperidine rings is 1. The van der Waals surface area contributed by atoms with Gasteiger partial charge in [-0.3, -0.25) is 4.79 Å². The van der Waals surface area contributed by atoms with Crippen molar-refractivity contribution in [2.45, 2.75) is 64.1 Å². The van der Waals surface area contributed by atoms with E-state index in [9.17, 15) is 4.79 Å². The molecule has 2 saturated carbocycles. The molecule has 4 nitrogen and oxygen atoms in total. The van der Waals surface area contributed by atoms with Gasteiger partial charge in [-0.05, 0) is 64.0 Å². The van der Waals surface area contributed by atoms with E-state index < -0.39 is 0 Å². The van der Waals surface area contributed by atoms with Crippen LogP contribution in [0.4, 0.5) is 0 Å². The van der Waals surface area contributed by atoms with Gasteiger partial charge in [0, 0.05) is 12.5 Å². The maximum Gasteiger partial charge on any atom is 0.309 e. The lowest BCUT2D eigenvalue weighted by Crippen LogP contribution is -2.46. The highest BCUT2D eigenvalue weighted by molar-refractivity contribution is 5.75. The molecule has 2 saturated heterocycles. The van der Waals surface area contributed by atoms with Crippen LogP contribution < -0.4 is 0 Å². The third kappa shape index (κ3) is 3.12. The van der Waals surface area contributed by atoms with E-state index in [2.05, 4.69) is 18.9 Å². The maximum atomic E-state index is 12.3. The van der Waals surface area contributed by atoms with Gasteiger partial charge >= 0.3 is 5.97 Å². The monoisotopic (exact) mass is 335 g/mol. The zero-order chi connectivity index (χ0) is 16.7. The van der Waals surface area contributed by atoms with Crippen molar-refractivity contribution in [1.82, 2.24) is 4.90 Å². The molecule has 4 heteroatoms. The summed E-state index contributed by atoms with van der Waals surface area (Å²) in [6.07, 6.45) is 9.26. The summed E-state index contributed by atoms with van der Waals surface area (Å²) in [4.78, 5) is 14.7. The number of likely N-dealkylation sites (N-methyl/N-ethyl adjacent to an activating group) is 1. The second-order valence-electron chi connectivity index (χ2n) is 8.79. The Labute approximate surface area is 146 Å². The lowest BCUT2D eigenvalue weighted by molar-refractivity contribution is -0.144. The summed E-state index contributed by atoms with van der Waals surface area (Å²) in [7, 11) is 2.19. The molecule has 24 heavy (non-hydrogen) atoms. The third-order valence-corrected chi connectivity index (χ3v) is 7.29. The van der Waals surface area contributed by atoms with Gasteiger partial charge in [0.2, 0.25) is 0 Å². The second-order valence-corrected chi connectivity index (χ2v) is 8.79. The van der Waals surface area contributed by atoms with Gasteiger partial charge in [0.1, 0.15) is 6.10 Å². The molecule has 4 aliphatic rings. The van der Waals surface area contributed by atoms with Gasteiger partial charge in [0.05, 0.1) is 18.6 Å². The van der Waals surface area contributed by atoms with Crippen molar-refractivity contribution in [2.24, 2.45) is 29.6 Å². The summed E-state index contributed by atoms with van der Waals surface area (Å²) in [5, 5.41) is 0. The Morgan fingerprint density at radius 3 is 2.88 bits per heavy atom. The lowest BCUT2D eigenvalue weighted by Gasteiger charge is -2.47. The molecular formula is C20H33NO3. The number of carbonyl (C=O) groups is 1. The molecule has 4 fully saturated rings. The van der Waals surface area contributed by atoms with Crippen LogP contribution in [0.5, 0.6) is 0 Å². The molecule has 0 aromatic carbocycles. The van der Waals surface area contributed by atoms with E-state index in [0.29, 0.717) is 17.9 Å². The van der Waals surface area contributed by atoms with E-state index in [-0.39, 0.29) is 18.0 Å². The predicted octanol–water partition coefficient (Wildman–Crippen LogP) is 3.10. The summed E-state index contributed by atoms with van der Waals surface area (Å²) >= 11 is 0. The fraction of sp³-hybridized carbons (Fsp3) is 0.950. The minimum atomic E-state index is 0.0684. The Morgan fingerprint density at radius 2 is 2.04 bits per heavy atom. The first-order chi connectivity index (χ1) is 11.6. The molecule has 136 valence electrons. The van der Waals surface area contributed by atoms with Gasteiger partial charge in [0.15, 0.2) is 0 Å². The lowest BCUT2D eigenvalue weighted by atomic mass is 9.57. The van der Waals surface area contributed by atoms with Crippen LogP contribution in [-0.2, 0) is 14.3 Å². The van der Waals surface area contributed by atoms with E-state index >= 15 is 0 Å². The number of likely N-dealkylation sites (tertiary alicyclic amines) is 1. The normalized spacial score (nSPS) is 46.2. The van der Waals surface area contributed by atoms with Crippen LogP contribution in [-0.4, -0.2) is 49.8 Å². The van der Waals surface area contributed by atoms with Gasteiger partial charge in [-0.2, -0.15) is 0 Å². The van der Waals surface area contributed by atoms with Crippen molar-refractivity contribution in [2.75, 3.05) is 26.7 Å². The van der Waals surface area contributed by atoms with Crippen LogP contribution in [0.2, 0.25) is 0 Å². The standard InChI is InChI=1S/C20H33NO3/c1-13-19-17(20(22)24-13)10-14-6-3-4-8-16(14)18(19)12-23-15-7-5-9-21(2)11-15/h13-19H,3-12H2,1-2H3/t13-,14+,15-,16-,17-,18+,19-/m0/s1. The van der Waals surface area contributed by atoms with Crippen LogP contribution in [0, 0.1) is 29.6 Å². The summed E-state index contributed by atoms with van der Waals surface area (Å²) < 4.78 is 12.1. The van der Waals surface area contributed by atoms with Crippen LogP contribution in [0.3, 0.4) is 0 Å². The van der Waals surface area contributed by atoms with Crippen molar-refractivity contribution >= 4 is 5.97 Å². The molecule has 0 N–H and O–H groups in total. The molecule has 0 unspecified atom stereocenters. The predicted molar refractivity (Wildman–Crippen MR) is 92.6 cm³/mol. The van der Waals surface area contributed by atoms with Crippen LogP contribution in [0.1, 0.15) is 51.9 Å². The summed E-state index contributed by atoms with van der Waals surface area (Å²) in [6.45, 7) is 5.19. The van der Waals surface area contributed by atoms with E-state index in [0.717, 1.165) is 31.4 Å². The van der Waals surface area contributed by atoms with E-state index in [4.69, 9.17) is 9.47 Å². The van der Waals surface area contributed by atoms with Gasteiger partial charge in [0.25, 0.3) is 0 Å². The number of fused-ring (bicyclic) bond motifs is 2. The summed E-state index contributed by atoms with van der Waals surface area (Å²) in [6, 6.07) is 0. The van der Waals surface area contributed by atoms with Crippen molar-refractivity contribution in [3.8, 4) is 0 Å². The molecule has 2 aliphatic heterocycles. The Morgan fingerprint density at radius 1 is 1.21 bits per heavy atom. The SMILES string of the molecule is C[C@@H]1OC(=O)[C@H]2C[C@H]3CCCC[C@@H]3[C@@H](CO[C@H]3CCCN(C)C3)[C@@H]12. The van der Waals surface area contributed by atoms with Crippen molar-refractivity contribution < 1.29 is 14.3 Å². The Hall–Kier alpha value is -0.610. The Balaban J connectivity index is 1.47. The number of carbonyl (C=O) groups excluding carboxylic acids is 1. The number of cyclic esters (lactones) is 1. The van der Waals surface area contributed by atoms with Crippen LogP contribution >= 0.6 is 0 Å². The molecule has 0 radical (unpaired) electrons. The van der Waals surface area contributed by atoms with Gasteiger partial charge in [-0.25, -0.2) is 0 Å². The molecule has 0 spiro atoms. The third-order valence-electron chi connectivity index (χ3n) is 7.29. The number of nitrogens with zero attached hydrogens (tertiary/aromatic N) is 1. The number of hydrogen-bond acceptors (Lipinski definition) is 4. The molecule has 2 heterocycles. The highest BCUT2D eigenvalue weighted by Crippen LogP contribution is 2.53. The minimum Gasteiger partial charge on any atom is -0.462 e. The number of rotatable bonds is 3. The first kappa shape index (κ1) is 16.8. The van der Waals surface area contributed by atoms with Crippen molar-refractivity contribution in [1.29, 1.82) is 0 Å². The van der Waals surface area contributed by atoms with Gasteiger partial charge in [-0.1, -0.05) is 19.3 Å². The summed E-state index contributed by atoms with van der Waals surface area (Å²) in [5.41, 5.74) is 0. The van der Waals surface area contributed by atoms with E-state index in [1.807, 2.05) is 0 Å². The Bertz CT molecular complexity index is 468. The first-order valence-electron chi connectivity index (χ1n) is 10.1. The van der Waals surface area contributed by atoms with Crippen LogP contribution in [0.15, 0.2) is 0 Å². The molecule has 4 rings (SSSR count). The van der Waals surface area contributed by atoms with Crippen LogP contribution in [0.25, 0.3) is 0 Å². The van der Waals surface area contributed by atoms with Gasteiger partial charge in [-0.15, -0.1) is 0 Å². The second kappa shape index (κ2) is 6.95. The molecule has 7 atom stereocenters. The fourth-order valence-electron chi connectivity index (χ4n) is 6.17. The van der Waals surface area contributed by atoms with Gasteiger partial charge < -0.3 is 14.4 Å². The largest absolute Gasteiger partial charge is 0.462 e. The molecule has 0 aromatic heterocycles. The van der Waals surface area contributed by atoms with E-state index in [1.165, 1.54) is 45.1 Å². The zero-order valence-electron chi connectivity index (χ0n) is 15.3. The molecular weight excluding hydrogens is 302 g/mol. The smallest absolute Gasteiger partial charge is 0.309 e. The topological polar surface area (TPSA) is 38.8 Å². The summed E-state index contributed by atoms with van der Waals surface area (Å²) in [5.74, 6) is 2.58. The fourth-order valence-corrected chi connectivity index (χ4v) is 6.17. The molecule has 0 aromatic rings. The minimum absolute atomic E-state index is 0.0684. The number of ether oxygens (including phenoxy) is 2. The highest BCUT2D eigenvalue weighted by Gasteiger charge is 2.54.